The molecule has 0 atom stereocenters. The third-order valence-electron chi connectivity index (χ3n) is 6.02. The summed E-state index contributed by atoms with van der Waals surface area (Å²) in [5.41, 5.74) is 1.49. The number of nitrogens with zero attached hydrogens (tertiary/aromatic N) is 2. The van der Waals surface area contributed by atoms with Gasteiger partial charge < -0.3 is 19.0 Å². The van der Waals surface area contributed by atoms with Crippen LogP contribution in [0.4, 0.5) is 11.4 Å². The summed E-state index contributed by atoms with van der Waals surface area (Å²) in [4.78, 5) is 41.0. The van der Waals surface area contributed by atoms with Crippen molar-refractivity contribution in [2.75, 3.05) is 16.9 Å². The van der Waals surface area contributed by atoms with Crippen LogP contribution in [0.1, 0.15) is 21.9 Å². The van der Waals surface area contributed by atoms with Gasteiger partial charge in [-0.2, -0.15) is 0 Å². The lowest BCUT2D eigenvalue weighted by Crippen LogP contribution is -2.56. The maximum atomic E-state index is 13.7. The first-order valence-corrected chi connectivity index (χ1v) is 12.5. The molecule has 200 valence electrons. The lowest BCUT2D eigenvalue weighted by atomic mass is 10.0. The van der Waals surface area contributed by atoms with Crippen molar-refractivity contribution in [3.05, 3.63) is 114 Å². The quantitative estimate of drug-likeness (QED) is 0.177. The summed E-state index contributed by atoms with van der Waals surface area (Å²) in [6.45, 7) is -0.0312. The molecule has 1 aliphatic heterocycles. The Kier molecular flexibility index (Phi) is 7.43. The smallest absolute Gasteiger partial charge is 0.371 e. The van der Waals surface area contributed by atoms with Crippen molar-refractivity contribution in [1.29, 1.82) is 0 Å². The Morgan fingerprint density at radius 3 is 2.00 bits per heavy atom. The van der Waals surface area contributed by atoms with Gasteiger partial charge in [-0.15, -0.1) is 0 Å². The van der Waals surface area contributed by atoms with Crippen LogP contribution in [0.3, 0.4) is 0 Å². The number of benzene rings is 3. The number of methoxy groups -OCH3 is 1. The molecular formula is C30H22N2O7S. The fourth-order valence-electron chi connectivity index (χ4n) is 4.12. The second-order valence-electron chi connectivity index (χ2n) is 8.56. The molecule has 0 bridgehead atoms. The van der Waals surface area contributed by atoms with Gasteiger partial charge in [0.1, 0.15) is 17.9 Å². The van der Waals surface area contributed by atoms with Crippen LogP contribution in [-0.2, 0) is 16.2 Å². The third kappa shape index (κ3) is 5.20. The first-order chi connectivity index (χ1) is 19.4. The van der Waals surface area contributed by atoms with Crippen molar-refractivity contribution in [3.8, 4) is 11.5 Å². The van der Waals surface area contributed by atoms with Crippen molar-refractivity contribution < 1.29 is 33.4 Å². The SMILES string of the molecule is COc1cc(C=C2C(=O)N(c3ccccc3)C(=S)N(c3ccccc3)C2=O)ccc1OCc1ccc(C(=O)O)o1. The van der Waals surface area contributed by atoms with Crippen molar-refractivity contribution in [2.45, 2.75) is 6.61 Å². The minimum absolute atomic E-state index is 0.0312. The van der Waals surface area contributed by atoms with Crippen molar-refractivity contribution in [1.82, 2.24) is 0 Å². The van der Waals surface area contributed by atoms with Crippen LogP contribution in [0, 0.1) is 0 Å². The van der Waals surface area contributed by atoms with Crippen LogP contribution in [0.15, 0.2) is 101 Å². The maximum absolute atomic E-state index is 13.7. The molecule has 2 amide bonds. The molecule has 40 heavy (non-hydrogen) atoms. The standard InChI is InChI=1S/C30H22N2O7S/c1-37-26-17-19(12-14-24(26)38-18-22-13-15-25(39-22)29(35)36)16-23-27(33)31(20-8-4-2-5-9-20)30(40)32(28(23)34)21-10-6-3-7-11-21/h2-17H,18H2,1H3,(H,35,36). The molecule has 2 heterocycles. The highest BCUT2D eigenvalue weighted by Gasteiger charge is 2.41. The molecule has 9 nitrogen and oxygen atoms in total. The van der Waals surface area contributed by atoms with Crippen LogP contribution in [0.25, 0.3) is 6.08 Å². The molecule has 1 fully saturated rings. The highest BCUT2D eigenvalue weighted by molar-refractivity contribution is 7.81. The molecule has 0 spiro atoms. The summed E-state index contributed by atoms with van der Waals surface area (Å²) in [5, 5.41) is 9.07. The third-order valence-corrected chi connectivity index (χ3v) is 6.38. The number of anilines is 2. The Balaban J connectivity index is 1.48. The number of hydrogen-bond acceptors (Lipinski definition) is 7. The molecule has 10 heteroatoms. The number of hydrogen-bond donors (Lipinski definition) is 1. The largest absolute Gasteiger partial charge is 0.493 e. The number of aromatic carboxylic acids is 1. The molecule has 0 saturated carbocycles. The number of carbonyl (C=O) groups is 3. The molecule has 1 N–H and O–H groups in total. The monoisotopic (exact) mass is 554 g/mol. The summed E-state index contributed by atoms with van der Waals surface area (Å²) >= 11 is 5.63. The van der Waals surface area contributed by atoms with Crippen molar-refractivity contribution in [2.24, 2.45) is 0 Å². The number of rotatable bonds is 8. The predicted octanol–water partition coefficient (Wildman–Crippen LogP) is 5.31. The fourth-order valence-corrected chi connectivity index (χ4v) is 4.49. The minimum atomic E-state index is -1.18. The summed E-state index contributed by atoms with van der Waals surface area (Å²) in [6.07, 6.45) is 1.48. The van der Waals surface area contributed by atoms with E-state index in [1.807, 2.05) is 12.1 Å². The van der Waals surface area contributed by atoms with Gasteiger partial charge in [-0.05, 0) is 72.4 Å². The Bertz CT molecular complexity index is 1570. The average Bonchev–Trinajstić information content (AvgIpc) is 3.45. The van der Waals surface area contributed by atoms with Gasteiger partial charge >= 0.3 is 5.97 Å². The van der Waals surface area contributed by atoms with Crippen molar-refractivity contribution >= 4 is 52.6 Å². The van der Waals surface area contributed by atoms with E-state index in [1.165, 1.54) is 35.1 Å². The molecule has 5 rings (SSSR count). The van der Waals surface area contributed by atoms with Crippen LogP contribution in [-0.4, -0.2) is 35.1 Å². The van der Waals surface area contributed by atoms with E-state index in [-0.39, 0.29) is 23.1 Å². The topological polar surface area (TPSA) is 110 Å². The molecule has 0 radical (unpaired) electrons. The van der Waals surface area contributed by atoms with Crippen LogP contribution in [0.5, 0.6) is 11.5 Å². The number of para-hydroxylation sites is 2. The Labute approximate surface area is 234 Å². The molecule has 1 aliphatic rings. The van der Waals surface area contributed by atoms with Gasteiger partial charge in [0, 0.05) is 0 Å². The van der Waals surface area contributed by atoms with E-state index in [9.17, 15) is 14.4 Å². The van der Waals surface area contributed by atoms with E-state index < -0.39 is 17.8 Å². The number of carbonyl (C=O) groups excluding carboxylic acids is 2. The molecule has 1 saturated heterocycles. The lowest BCUT2D eigenvalue weighted by Gasteiger charge is -2.36. The zero-order valence-corrected chi connectivity index (χ0v) is 22.0. The Morgan fingerprint density at radius 2 is 1.48 bits per heavy atom. The highest BCUT2D eigenvalue weighted by atomic mass is 32.1. The molecule has 4 aromatic rings. The van der Waals surface area contributed by atoms with Gasteiger partial charge in [0.25, 0.3) is 11.8 Å². The van der Waals surface area contributed by atoms with Gasteiger partial charge in [0.15, 0.2) is 16.6 Å². The lowest BCUT2D eigenvalue weighted by molar-refractivity contribution is -0.120. The fraction of sp³-hybridized carbons (Fsp3) is 0.0667. The summed E-state index contributed by atoms with van der Waals surface area (Å²) in [7, 11) is 1.46. The average molecular weight is 555 g/mol. The van der Waals surface area contributed by atoms with Crippen molar-refractivity contribution in [3.63, 3.8) is 0 Å². The molecule has 3 aromatic carbocycles. The highest BCUT2D eigenvalue weighted by Crippen LogP contribution is 2.33. The second kappa shape index (κ2) is 11.3. The first kappa shape index (κ1) is 26.4. The minimum Gasteiger partial charge on any atom is -0.493 e. The van der Waals surface area contributed by atoms with E-state index in [4.69, 9.17) is 31.2 Å². The molecule has 1 aromatic heterocycles. The summed E-state index contributed by atoms with van der Waals surface area (Å²) < 4.78 is 16.4. The van der Waals surface area contributed by atoms with Gasteiger partial charge in [-0.3, -0.25) is 19.4 Å². The van der Waals surface area contributed by atoms with Gasteiger partial charge in [0.2, 0.25) is 5.76 Å². The number of carboxylic acid groups (broad SMARTS) is 1. The number of carboxylic acids is 1. The Morgan fingerprint density at radius 1 is 0.875 bits per heavy atom. The van der Waals surface area contributed by atoms with E-state index >= 15 is 0 Å². The zero-order chi connectivity index (χ0) is 28.2. The molecule has 0 unspecified atom stereocenters. The Hall–Kier alpha value is -5.22. The van der Waals surface area contributed by atoms with Gasteiger partial charge in [-0.1, -0.05) is 42.5 Å². The van der Waals surface area contributed by atoms with E-state index in [2.05, 4.69) is 0 Å². The number of amides is 2. The second-order valence-corrected chi connectivity index (χ2v) is 8.93. The maximum Gasteiger partial charge on any atom is 0.371 e. The number of ether oxygens (including phenoxy) is 2. The molecule has 0 aliphatic carbocycles. The van der Waals surface area contributed by atoms with E-state index in [1.54, 1.807) is 66.7 Å². The van der Waals surface area contributed by atoms with E-state index in [0.717, 1.165) is 0 Å². The zero-order valence-electron chi connectivity index (χ0n) is 21.1. The summed E-state index contributed by atoms with van der Waals surface area (Å²) in [6, 6.07) is 25.5. The molecular weight excluding hydrogens is 532 g/mol. The number of thiocarbonyl (C=S) groups is 1. The predicted molar refractivity (Wildman–Crippen MR) is 151 cm³/mol. The van der Waals surface area contributed by atoms with Gasteiger partial charge in [-0.25, -0.2) is 4.79 Å². The normalized spacial score (nSPS) is 13.4. The number of furan rings is 1. The van der Waals surface area contributed by atoms with Gasteiger partial charge in [0.05, 0.1) is 18.5 Å². The summed E-state index contributed by atoms with van der Waals surface area (Å²) in [5.74, 6) is -1.46. The van der Waals surface area contributed by atoms with Crippen LogP contribution in [0.2, 0.25) is 0 Å². The van der Waals surface area contributed by atoms with Crippen LogP contribution < -0.4 is 19.3 Å². The first-order valence-electron chi connectivity index (χ1n) is 12.0. The van der Waals surface area contributed by atoms with E-state index in [0.29, 0.717) is 34.2 Å². The van der Waals surface area contributed by atoms with Crippen LogP contribution >= 0.6 is 12.2 Å².